The van der Waals surface area contributed by atoms with Crippen LogP contribution in [0.3, 0.4) is 0 Å². The van der Waals surface area contributed by atoms with E-state index in [9.17, 15) is 13.2 Å². The number of halogens is 3. The molecule has 0 saturated carbocycles. The Kier molecular flexibility index (Phi) is 3.37. The van der Waals surface area contributed by atoms with Crippen molar-refractivity contribution in [3.05, 3.63) is 30.0 Å². The predicted molar refractivity (Wildman–Crippen MR) is 62.1 cm³/mol. The monoisotopic (exact) mass is 272 g/mol. The Bertz CT molecular complexity index is 579. The summed E-state index contributed by atoms with van der Waals surface area (Å²) < 4.78 is 47.6. The third-order valence-corrected chi connectivity index (χ3v) is 2.57. The van der Waals surface area contributed by atoms with E-state index in [2.05, 4.69) is 5.10 Å². The summed E-state index contributed by atoms with van der Waals surface area (Å²) in [6, 6.07) is 5.73. The summed E-state index contributed by atoms with van der Waals surface area (Å²) in [6.45, 7) is 0. The van der Waals surface area contributed by atoms with Gasteiger partial charge in [-0.2, -0.15) is 18.3 Å². The van der Waals surface area contributed by atoms with E-state index in [1.165, 1.54) is 14.2 Å². The van der Waals surface area contributed by atoms with Gasteiger partial charge in [-0.15, -0.1) is 0 Å². The van der Waals surface area contributed by atoms with Gasteiger partial charge in [0.15, 0.2) is 0 Å². The highest BCUT2D eigenvalue weighted by atomic mass is 19.4. The van der Waals surface area contributed by atoms with Crippen LogP contribution in [0.5, 0.6) is 11.5 Å². The molecule has 0 unspecified atom stereocenters. The quantitative estimate of drug-likeness (QED) is 0.933. The van der Waals surface area contributed by atoms with Crippen LogP contribution in [0.15, 0.2) is 24.3 Å². The van der Waals surface area contributed by atoms with Gasteiger partial charge in [0.2, 0.25) is 0 Å². The Labute approximate surface area is 107 Å². The van der Waals surface area contributed by atoms with Crippen LogP contribution in [0, 0.1) is 0 Å². The van der Waals surface area contributed by atoms with Crippen LogP contribution < -0.4 is 9.47 Å². The minimum atomic E-state index is -4.45. The second kappa shape index (κ2) is 4.83. The molecular weight excluding hydrogens is 261 g/mol. The minimum Gasteiger partial charge on any atom is -0.497 e. The van der Waals surface area contributed by atoms with E-state index in [4.69, 9.17) is 9.47 Å². The average Bonchev–Trinajstić information content (AvgIpc) is 2.87. The number of ether oxygens (including phenoxy) is 2. The van der Waals surface area contributed by atoms with E-state index in [-0.39, 0.29) is 5.69 Å². The molecule has 0 aliphatic rings. The Hall–Kier alpha value is -2.18. The smallest absolute Gasteiger partial charge is 0.432 e. The van der Waals surface area contributed by atoms with Crippen molar-refractivity contribution in [2.75, 3.05) is 14.2 Å². The van der Waals surface area contributed by atoms with Crippen LogP contribution in [0.4, 0.5) is 13.2 Å². The third-order valence-electron chi connectivity index (χ3n) is 2.57. The van der Waals surface area contributed by atoms with Crippen LogP contribution >= 0.6 is 0 Å². The molecule has 1 aromatic carbocycles. The van der Waals surface area contributed by atoms with E-state index in [1.807, 2.05) is 5.10 Å². The molecule has 7 heteroatoms. The van der Waals surface area contributed by atoms with Gasteiger partial charge in [-0.05, 0) is 18.2 Å². The van der Waals surface area contributed by atoms with Crippen molar-refractivity contribution in [2.45, 2.75) is 6.18 Å². The summed E-state index contributed by atoms with van der Waals surface area (Å²) >= 11 is 0. The summed E-state index contributed by atoms with van der Waals surface area (Å²) in [5.41, 5.74) is -0.290. The molecule has 102 valence electrons. The number of hydrogen-bond acceptors (Lipinski definition) is 3. The Morgan fingerprint density at radius 3 is 2.37 bits per heavy atom. The molecule has 1 N–H and O–H groups in total. The molecule has 4 nitrogen and oxygen atoms in total. The lowest BCUT2D eigenvalue weighted by Crippen LogP contribution is -2.04. The van der Waals surface area contributed by atoms with Crippen LogP contribution in [0.25, 0.3) is 11.3 Å². The summed E-state index contributed by atoms with van der Waals surface area (Å²) in [7, 11) is 2.92. The molecule has 19 heavy (non-hydrogen) atoms. The zero-order valence-corrected chi connectivity index (χ0v) is 10.2. The number of aromatic amines is 1. The van der Waals surface area contributed by atoms with E-state index >= 15 is 0 Å². The molecule has 0 saturated heterocycles. The normalized spacial score (nSPS) is 11.4. The molecule has 0 aliphatic heterocycles. The Balaban J connectivity index is 2.44. The average molecular weight is 272 g/mol. The molecule has 1 heterocycles. The van der Waals surface area contributed by atoms with Crippen molar-refractivity contribution in [1.82, 2.24) is 10.2 Å². The maximum Gasteiger partial charge on any atom is 0.432 e. The van der Waals surface area contributed by atoms with E-state index < -0.39 is 11.9 Å². The topological polar surface area (TPSA) is 47.1 Å². The Morgan fingerprint density at radius 2 is 1.84 bits per heavy atom. The fourth-order valence-electron chi connectivity index (χ4n) is 1.62. The van der Waals surface area contributed by atoms with Crippen molar-refractivity contribution < 1.29 is 22.6 Å². The van der Waals surface area contributed by atoms with E-state index in [0.717, 1.165) is 6.07 Å². The summed E-state index contributed by atoms with van der Waals surface area (Å²) in [5.74, 6) is 0.937. The molecule has 0 aliphatic carbocycles. The third kappa shape index (κ3) is 2.64. The first-order valence-electron chi connectivity index (χ1n) is 5.30. The SMILES string of the molecule is COc1ccc(-c2cc(C(F)(F)F)[nH]n2)c(OC)c1. The van der Waals surface area contributed by atoms with Crippen LogP contribution in [-0.4, -0.2) is 24.4 Å². The molecule has 2 aromatic rings. The van der Waals surface area contributed by atoms with Gasteiger partial charge in [-0.1, -0.05) is 0 Å². The van der Waals surface area contributed by atoms with Crippen molar-refractivity contribution >= 4 is 0 Å². The van der Waals surface area contributed by atoms with Crippen LogP contribution in [-0.2, 0) is 6.18 Å². The second-order valence-electron chi connectivity index (χ2n) is 3.73. The lowest BCUT2D eigenvalue weighted by molar-refractivity contribution is -0.141. The molecule has 0 radical (unpaired) electrons. The number of nitrogens with one attached hydrogen (secondary N) is 1. The van der Waals surface area contributed by atoms with Gasteiger partial charge in [-0.25, -0.2) is 0 Å². The second-order valence-corrected chi connectivity index (χ2v) is 3.73. The summed E-state index contributed by atoms with van der Waals surface area (Å²) in [4.78, 5) is 0. The highest BCUT2D eigenvalue weighted by Crippen LogP contribution is 2.35. The fraction of sp³-hybridized carbons (Fsp3) is 0.250. The van der Waals surface area contributed by atoms with Gasteiger partial charge >= 0.3 is 6.18 Å². The minimum absolute atomic E-state index is 0.159. The lowest BCUT2D eigenvalue weighted by Gasteiger charge is -2.08. The van der Waals surface area contributed by atoms with Gasteiger partial charge in [0.05, 0.1) is 19.9 Å². The van der Waals surface area contributed by atoms with Gasteiger partial charge in [0, 0.05) is 11.6 Å². The van der Waals surface area contributed by atoms with Crippen LogP contribution in [0.2, 0.25) is 0 Å². The summed E-state index contributed by atoms with van der Waals surface area (Å²) in [6.07, 6.45) is -4.45. The number of benzene rings is 1. The largest absolute Gasteiger partial charge is 0.497 e. The number of rotatable bonds is 3. The standard InChI is InChI=1S/C12H11F3N2O2/c1-18-7-3-4-8(10(5-7)19-2)9-6-11(17-16-9)12(13,14)15/h3-6H,1-2H3,(H,16,17). The molecule has 0 bridgehead atoms. The summed E-state index contributed by atoms with van der Waals surface area (Å²) in [5, 5.41) is 5.61. The van der Waals surface area contributed by atoms with Crippen LogP contribution in [0.1, 0.15) is 5.69 Å². The maximum absolute atomic E-state index is 12.5. The number of H-pyrrole nitrogens is 1. The number of alkyl halides is 3. The van der Waals surface area contributed by atoms with Gasteiger partial charge < -0.3 is 9.47 Å². The molecule has 1 aromatic heterocycles. The Morgan fingerprint density at radius 1 is 1.11 bits per heavy atom. The molecule has 0 amide bonds. The highest BCUT2D eigenvalue weighted by molar-refractivity contribution is 5.68. The number of hydrogen-bond donors (Lipinski definition) is 1. The zero-order valence-electron chi connectivity index (χ0n) is 10.2. The highest BCUT2D eigenvalue weighted by Gasteiger charge is 2.33. The van der Waals surface area contributed by atoms with E-state index in [1.54, 1.807) is 18.2 Å². The van der Waals surface area contributed by atoms with Crippen molar-refractivity contribution in [1.29, 1.82) is 0 Å². The molecule has 0 spiro atoms. The van der Waals surface area contributed by atoms with E-state index in [0.29, 0.717) is 17.1 Å². The first kappa shape index (κ1) is 13.3. The molecule has 0 atom stereocenters. The first-order chi connectivity index (χ1) is 8.95. The van der Waals surface area contributed by atoms with Gasteiger partial charge in [-0.3, -0.25) is 5.10 Å². The zero-order chi connectivity index (χ0) is 14.0. The van der Waals surface area contributed by atoms with Crippen molar-refractivity contribution in [3.63, 3.8) is 0 Å². The predicted octanol–water partition coefficient (Wildman–Crippen LogP) is 3.11. The fourth-order valence-corrected chi connectivity index (χ4v) is 1.62. The first-order valence-corrected chi connectivity index (χ1v) is 5.30. The molecule has 2 rings (SSSR count). The number of aromatic nitrogens is 2. The number of nitrogens with zero attached hydrogens (tertiary/aromatic N) is 1. The molecule has 0 fully saturated rings. The van der Waals surface area contributed by atoms with Gasteiger partial charge in [0.25, 0.3) is 0 Å². The van der Waals surface area contributed by atoms with Gasteiger partial charge in [0.1, 0.15) is 17.2 Å². The lowest BCUT2D eigenvalue weighted by atomic mass is 10.1. The van der Waals surface area contributed by atoms with Crippen molar-refractivity contribution in [2.24, 2.45) is 0 Å². The molecular formula is C12H11F3N2O2. The number of methoxy groups -OCH3 is 2. The maximum atomic E-state index is 12.5. The van der Waals surface area contributed by atoms with Crippen molar-refractivity contribution in [3.8, 4) is 22.8 Å².